The molecule has 20 heavy (non-hydrogen) atoms. The standard InChI is InChI=1S/C16H19N3O/c1-9(2)14-10(3)18-16(19-15(14)17)13-8-11-6-4-5-7-12(11)20-13/h4-7,9,13H,8H2,1-3H3,(H2,17,18,19). The van der Waals surface area contributed by atoms with Gasteiger partial charge in [-0.1, -0.05) is 32.0 Å². The summed E-state index contributed by atoms with van der Waals surface area (Å²) in [5.41, 5.74) is 9.27. The van der Waals surface area contributed by atoms with Crippen molar-refractivity contribution in [2.45, 2.75) is 39.2 Å². The van der Waals surface area contributed by atoms with Crippen LogP contribution in [0.15, 0.2) is 24.3 Å². The SMILES string of the molecule is Cc1nc(C2Cc3ccccc3O2)nc(N)c1C(C)C. The topological polar surface area (TPSA) is 61.0 Å². The lowest BCUT2D eigenvalue weighted by atomic mass is 10.0. The van der Waals surface area contributed by atoms with Gasteiger partial charge in [0, 0.05) is 17.7 Å². The highest BCUT2D eigenvalue weighted by molar-refractivity contribution is 5.45. The van der Waals surface area contributed by atoms with Crippen LogP contribution in [0.5, 0.6) is 5.75 Å². The number of ether oxygens (including phenoxy) is 1. The fourth-order valence-electron chi connectivity index (χ4n) is 2.81. The molecule has 0 amide bonds. The third-order valence-electron chi connectivity index (χ3n) is 3.70. The Morgan fingerprint density at radius 3 is 2.65 bits per heavy atom. The third-order valence-corrected chi connectivity index (χ3v) is 3.70. The number of para-hydroxylation sites is 1. The fraction of sp³-hybridized carbons (Fsp3) is 0.375. The number of anilines is 1. The molecule has 0 fully saturated rings. The van der Waals surface area contributed by atoms with E-state index >= 15 is 0 Å². The van der Waals surface area contributed by atoms with Crippen LogP contribution < -0.4 is 10.5 Å². The molecular formula is C16H19N3O. The summed E-state index contributed by atoms with van der Waals surface area (Å²) >= 11 is 0. The number of nitrogens with zero attached hydrogens (tertiary/aromatic N) is 2. The first-order valence-electron chi connectivity index (χ1n) is 6.94. The molecule has 1 aromatic heterocycles. The number of nitrogens with two attached hydrogens (primary N) is 1. The van der Waals surface area contributed by atoms with Gasteiger partial charge in [0.05, 0.1) is 0 Å². The predicted molar refractivity (Wildman–Crippen MR) is 78.8 cm³/mol. The zero-order valence-electron chi connectivity index (χ0n) is 12.1. The fourth-order valence-corrected chi connectivity index (χ4v) is 2.81. The molecule has 104 valence electrons. The van der Waals surface area contributed by atoms with Gasteiger partial charge >= 0.3 is 0 Å². The van der Waals surface area contributed by atoms with Crippen molar-refractivity contribution in [1.82, 2.24) is 9.97 Å². The van der Waals surface area contributed by atoms with E-state index in [0.717, 1.165) is 23.4 Å². The van der Waals surface area contributed by atoms with E-state index in [2.05, 4.69) is 29.9 Å². The van der Waals surface area contributed by atoms with Crippen LogP contribution in [0.3, 0.4) is 0 Å². The van der Waals surface area contributed by atoms with Crippen LogP contribution in [0.1, 0.15) is 48.5 Å². The molecule has 4 heteroatoms. The van der Waals surface area contributed by atoms with Crippen molar-refractivity contribution in [3.05, 3.63) is 46.9 Å². The zero-order valence-corrected chi connectivity index (χ0v) is 12.1. The normalized spacial score (nSPS) is 17.1. The van der Waals surface area contributed by atoms with Gasteiger partial charge in [-0.25, -0.2) is 9.97 Å². The zero-order chi connectivity index (χ0) is 14.3. The minimum atomic E-state index is -0.130. The lowest BCUT2D eigenvalue weighted by Gasteiger charge is -2.16. The van der Waals surface area contributed by atoms with Crippen molar-refractivity contribution < 1.29 is 4.74 Å². The molecule has 0 saturated heterocycles. The number of hydrogen-bond acceptors (Lipinski definition) is 4. The Morgan fingerprint density at radius 1 is 1.25 bits per heavy atom. The molecule has 4 nitrogen and oxygen atoms in total. The first kappa shape index (κ1) is 12.9. The smallest absolute Gasteiger partial charge is 0.172 e. The highest BCUT2D eigenvalue weighted by Crippen LogP contribution is 2.36. The van der Waals surface area contributed by atoms with Crippen molar-refractivity contribution in [2.24, 2.45) is 0 Å². The summed E-state index contributed by atoms with van der Waals surface area (Å²) in [4.78, 5) is 9.07. The molecule has 2 aromatic rings. The monoisotopic (exact) mass is 269 g/mol. The van der Waals surface area contributed by atoms with Crippen LogP contribution in [-0.2, 0) is 6.42 Å². The summed E-state index contributed by atoms with van der Waals surface area (Å²) in [7, 11) is 0. The van der Waals surface area contributed by atoms with E-state index < -0.39 is 0 Å². The van der Waals surface area contributed by atoms with E-state index in [0.29, 0.717) is 17.6 Å². The number of nitrogen functional groups attached to an aromatic ring is 1. The van der Waals surface area contributed by atoms with Gasteiger partial charge < -0.3 is 10.5 Å². The van der Waals surface area contributed by atoms with Crippen molar-refractivity contribution in [1.29, 1.82) is 0 Å². The van der Waals surface area contributed by atoms with E-state index in [1.54, 1.807) is 0 Å². The second kappa shape index (κ2) is 4.78. The highest BCUT2D eigenvalue weighted by Gasteiger charge is 2.27. The van der Waals surface area contributed by atoms with Gasteiger partial charge in [-0.2, -0.15) is 0 Å². The Bertz CT molecular complexity index is 604. The Morgan fingerprint density at radius 2 is 2.00 bits per heavy atom. The van der Waals surface area contributed by atoms with Gasteiger partial charge in [0.2, 0.25) is 0 Å². The summed E-state index contributed by atoms with van der Waals surface area (Å²) in [6.07, 6.45) is 0.672. The van der Waals surface area contributed by atoms with Crippen LogP contribution in [0.4, 0.5) is 5.82 Å². The number of fused-ring (bicyclic) bond motifs is 1. The maximum absolute atomic E-state index is 6.09. The van der Waals surface area contributed by atoms with Gasteiger partial charge in [0.25, 0.3) is 0 Å². The average molecular weight is 269 g/mol. The highest BCUT2D eigenvalue weighted by atomic mass is 16.5. The Labute approximate surface area is 119 Å². The van der Waals surface area contributed by atoms with Crippen molar-refractivity contribution in [3.8, 4) is 5.75 Å². The van der Waals surface area contributed by atoms with Crippen LogP contribution in [-0.4, -0.2) is 9.97 Å². The lowest BCUT2D eigenvalue weighted by molar-refractivity contribution is 0.227. The van der Waals surface area contributed by atoms with Gasteiger partial charge in [0.1, 0.15) is 11.6 Å². The maximum Gasteiger partial charge on any atom is 0.172 e. The summed E-state index contributed by atoms with van der Waals surface area (Å²) in [6, 6.07) is 8.05. The molecule has 1 aromatic carbocycles. The van der Waals surface area contributed by atoms with E-state index in [1.165, 1.54) is 5.56 Å². The van der Waals surface area contributed by atoms with Gasteiger partial charge in [-0.3, -0.25) is 0 Å². The van der Waals surface area contributed by atoms with E-state index in [-0.39, 0.29) is 6.10 Å². The number of aryl methyl sites for hydroxylation is 1. The summed E-state index contributed by atoms with van der Waals surface area (Å²) in [5, 5.41) is 0. The second-order valence-corrected chi connectivity index (χ2v) is 5.54. The van der Waals surface area contributed by atoms with Gasteiger partial charge in [-0.05, 0) is 24.5 Å². The molecule has 2 heterocycles. The van der Waals surface area contributed by atoms with Crippen LogP contribution >= 0.6 is 0 Å². The van der Waals surface area contributed by atoms with Crippen molar-refractivity contribution >= 4 is 5.82 Å². The predicted octanol–water partition coefficient (Wildman–Crippen LogP) is 3.17. The van der Waals surface area contributed by atoms with Gasteiger partial charge in [-0.15, -0.1) is 0 Å². The third kappa shape index (κ3) is 2.11. The minimum Gasteiger partial charge on any atom is -0.482 e. The molecule has 0 saturated carbocycles. The molecule has 1 aliphatic rings. The van der Waals surface area contributed by atoms with E-state index in [1.807, 2.05) is 25.1 Å². The molecule has 1 atom stereocenters. The first-order valence-corrected chi connectivity index (χ1v) is 6.94. The molecule has 1 aliphatic heterocycles. The van der Waals surface area contributed by atoms with E-state index in [4.69, 9.17) is 10.5 Å². The quantitative estimate of drug-likeness (QED) is 0.909. The molecule has 0 aliphatic carbocycles. The number of benzene rings is 1. The maximum atomic E-state index is 6.09. The summed E-state index contributed by atoms with van der Waals surface area (Å²) < 4.78 is 5.92. The molecule has 3 rings (SSSR count). The number of rotatable bonds is 2. The molecule has 0 bridgehead atoms. The number of aromatic nitrogens is 2. The summed E-state index contributed by atoms with van der Waals surface area (Å²) in [6.45, 7) is 6.19. The first-order chi connectivity index (χ1) is 9.56. The van der Waals surface area contributed by atoms with Gasteiger partial charge in [0.15, 0.2) is 11.9 Å². The lowest BCUT2D eigenvalue weighted by Crippen LogP contribution is -2.14. The molecule has 2 N–H and O–H groups in total. The average Bonchev–Trinajstić information content (AvgIpc) is 2.81. The van der Waals surface area contributed by atoms with Crippen LogP contribution in [0.25, 0.3) is 0 Å². The van der Waals surface area contributed by atoms with Crippen LogP contribution in [0.2, 0.25) is 0 Å². The number of hydrogen-bond donors (Lipinski definition) is 1. The van der Waals surface area contributed by atoms with Crippen LogP contribution in [0, 0.1) is 6.92 Å². The molecule has 1 unspecified atom stereocenters. The van der Waals surface area contributed by atoms with E-state index in [9.17, 15) is 0 Å². The molecule has 0 spiro atoms. The Balaban J connectivity index is 1.94. The molecule has 0 radical (unpaired) electrons. The Kier molecular flexibility index (Phi) is 3.08. The Hall–Kier alpha value is -2.10. The van der Waals surface area contributed by atoms with Crippen molar-refractivity contribution in [2.75, 3.05) is 5.73 Å². The van der Waals surface area contributed by atoms with Crippen molar-refractivity contribution in [3.63, 3.8) is 0 Å². The summed E-state index contributed by atoms with van der Waals surface area (Å²) in [5.74, 6) is 2.50. The molecular weight excluding hydrogens is 250 g/mol. The minimum absolute atomic E-state index is 0.130. The second-order valence-electron chi connectivity index (χ2n) is 5.54. The largest absolute Gasteiger partial charge is 0.482 e.